The molecule has 1 aliphatic rings. The first kappa shape index (κ1) is 8.81. The zero-order valence-electron chi connectivity index (χ0n) is 6.03. The number of allylic oxidation sites excluding steroid dienone is 1. The molecular weight excluding hydrogens is 177 g/mol. The molecule has 0 atom stereocenters. The molecule has 1 heterocycles. The number of nitrogens with zero attached hydrogens (tertiary/aromatic N) is 1. The van der Waals surface area contributed by atoms with Crippen molar-refractivity contribution in [3.63, 3.8) is 0 Å². The number of thiocarbonyl (C=S) groups is 1. The van der Waals surface area contributed by atoms with Gasteiger partial charge in [0.15, 0.2) is 0 Å². The van der Waals surface area contributed by atoms with E-state index in [9.17, 15) is 4.79 Å². The van der Waals surface area contributed by atoms with Gasteiger partial charge in [-0.2, -0.15) is 0 Å². The predicted molar refractivity (Wildman–Crippen MR) is 51.2 cm³/mol. The van der Waals surface area contributed by atoms with Gasteiger partial charge in [-0.05, 0) is 6.42 Å². The molecule has 2 radical (unpaired) electrons. The highest BCUT2D eigenvalue weighted by molar-refractivity contribution is 8.26. The Balaban J connectivity index is 2.83. The van der Waals surface area contributed by atoms with Crippen LogP contribution in [0.4, 0.5) is 0 Å². The van der Waals surface area contributed by atoms with Crippen LogP contribution >= 0.6 is 24.0 Å². The normalized spacial score (nSPS) is 21.9. The van der Waals surface area contributed by atoms with E-state index in [0.29, 0.717) is 9.23 Å². The Morgan fingerprint density at radius 2 is 2.45 bits per heavy atom. The van der Waals surface area contributed by atoms with Gasteiger partial charge >= 0.3 is 0 Å². The lowest BCUT2D eigenvalue weighted by Crippen LogP contribution is -2.24. The third-order valence-corrected chi connectivity index (χ3v) is 2.59. The molecule has 0 aromatic heterocycles. The van der Waals surface area contributed by atoms with Crippen LogP contribution < -0.4 is 0 Å². The number of carbonyl (C=O) groups is 1. The third kappa shape index (κ3) is 1.65. The second-order valence-corrected chi connectivity index (χ2v) is 3.70. The van der Waals surface area contributed by atoms with E-state index in [1.807, 2.05) is 13.0 Å². The molecule has 0 aromatic carbocycles. The molecule has 0 aliphatic carbocycles. The minimum Gasteiger partial charge on any atom is -0.351 e. The summed E-state index contributed by atoms with van der Waals surface area (Å²) >= 11 is 6.06. The van der Waals surface area contributed by atoms with E-state index < -0.39 is 0 Å². The van der Waals surface area contributed by atoms with Crippen molar-refractivity contribution in [3.05, 3.63) is 11.0 Å². The van der Waals surface area contributed by atoms with Gasteiger partial charge in [-0.15, -0.1) is 0 Å². The Kier molecular flexibility index (Phi) is 2.73. The molecule has 11 heavy (non-hydrogen) atoms. The maximum absolute atomic E-state index is 11.1. The fourth-order valence-electron chi connectivity index (χ4n) is 0.703. The summed E-state index contributed by atoms with van der Waals surface area (Å²) in [5, 5.41) is 0. The van der Waals surface area contributed by atoms with Crippen molar-refractivity contribution in [2.75, 3.05) is 0 Å². The van der Waals surface area contributed by atoms with E-state index in [4.69, 9.17) is 20.2 Å². The fraction of sp³-hybridized carbons (Fsp3) is 0.333. The molecule has 1 saturated heterocycles. The summed E-state index contributed by atoms with van der Waals surface area (Å²) in [4.78, 5) is 12.8. The Bertz CT molecular complexity index is 239. The van der Waals surface area contributed by atoms with E-state index in [0.717, 1.165) is 11.2 Å². The maximum Gasteiger partial charge on any atom is 0.252 e. The Morgan fingerprint density at radius 1 is 1.82 bits per heavy atom. The summed E-state index contributed by atoms with van der Waals surface area (Å²) in [6, 6.07) is 0. The molecule has 0 aromatic rings. The molecule has 0 unspecified atom stereocenters. The molecule has 1 amide bonds. The largest absolute Gasteiger partial charge is 0.351 e. The highest BCUT2D eigenvalue weighted by Gasteiger charge is 2.27. The number of hydrogen-bond donors (Lipinski definition) is 0. The van der Waals surface area contributed by atoms with E-state index in [2.05, 4.69) is 0 Å². The molecule has 1 rings (SSSR count). The minimum absolute atomic E-state index is 0.193. The first-order valence-electron chi connectivity index (χ1n) is 3.18. The van der Waals surface area contributed by atoms with Gasteiger partial charge in [-0.25, -0.2) is 0 Å². The Hall–Kier alpha value is -0.285. The van der Waals surface area contributed by atoms with Gasteiger partial charge in [-0.1, -0.05) is 37.0 Å². The zero-order chi connectivity index (χ0) is 8.43. The average molecular weight is 183 g/mol. The summed E-state index contributed by atoms with van der Waals surface area (Å²) in [6.45, 7) is 1.96. The van der Waals surface area contributed by atoms with Crippen LogP contribution in [0.5, 0.6) is 0 Å². The van der Waals surface area contributed by atoms with Crippen LogP contribution in [0, 0.1) is 0 Å². The van der Waals surface area contributed by atoms with Crippen LogP contribution in [0.3, 0.4) is 0 Å². The number of rotatable bonds is 1. The molecule has 0 N–H and O–H groups in total. The molecule has 2 nitrogen and oxygen atoms in total. The molecule has 1 aliphatic heterocycles. The Morgan fingerprint density at radius 3 is 2.82 bits per heavy atom. The van der Waals surface area contributed by atoms with E-state index >= 15 is 0 Å². The molecule has 56 valence electrons. The van der Waals surface area contributed by atoms with Crippen LogP contribution in [0.1, 0.15) is 13.3 Å². The molecule has 5 heteroatoms. The topological polar surface area (TPSA) is 20.3 Å². The highest BCUT2D eigenvalue weighted by atomic mass is 32.2. The first-order valence-corrected chi connectivity index (χ1v) is 4.40. The second-order valence-electron chi connectivity index (χ2n) is 2.02. The van der Waals surface area contributed by atoms with Gasteiger partial charge in [0.2, 0.25) is 7.98 Å². The standard InChI is InChI=1S/C6H6BNOS2/c1-2-3-4-5(9)8(7)6(10)11-4/h3H,2H2,1H3/b4-3+. The van der Waals surface area contributed by atoms with Crippen molar-refractivity contribution in [1.29, 1.82) is 0 Å². The van der Waals surface area contributed by atoms with Crippen molar-refractivity contribution in [2.24, 2.45) is 0 Å². The summed E-state index contributed by atoms with van der Waals surface area (Å²) in [7, 11) is 5.32. The maximum atomic E-state index is 11.1. The smallest absolute Gasteiger partial charge is 0.252 e. The van der Waals surface area contributed by atoms with Crippen LogP contribution in [0.15, 0.2) is 11.0 Å². The molecule has 1 fully saturated rings. The SMILES string of the molecule is [B]N1C(=O)/C(=C\CC)SC1=S. The van der Waals surface area contributed by atoms with Crippen LogP contribution in [0.25, 0.3) is 0 Å². The summed E-state index contributed by atoms with van der Waals surface area (Å²) in [6.07, 6.45) is 2.65. The summed E-state index contributed by atoms with van der Waals surface area (Å²) in [5.41, 5.74) is 0. The van der Waals surface area contributed by atoms with Crippen molar-refractivity contribution < 1.29 is 4.79 Å². The average Bonchev–Trinajstić information content (AvgIpc) is 2.19. The van der Waals surface area contributed by atoms with Gasteiger partial charge < -0.3 is 4.81 Å². The molecule has 0 spiro atoms. The minimum atomic E-state index is -0.193. The molecule has 0 bridgehead atoms. The van der Waals surface area contributed by atoms with Gasteiger partial charge in [0, 0.05) is 0 Å². The first-order chi connectivity index (χ1) is 5.16. The summed E-state index contributed by atoms with van der Waals surface area (Å²) < 4.78 is 0.426. The van der Waals surface area contributed by atoms with Crippen LogP contribution in [-0.4, -0.2) is 23.0 Å². The summed E-state index contributed by atoms with van der Waals surface area (Å²) in [5.74, 6) is -0.193. The number of thioether (sulfide) groups is 1. The predicted octanol–water partition coefficient (Wildman–Crippen LogP) is 1.22. The third-order valence-electron chi connectivity index (χ3n) is 1.21. The lowest BCUT2D eigenvalue weighted by molar-refractivity contribution is -0.119. The van der Waals surface area contributed by atoms with Gasteiger partial charge in [0.05, 0.1) is 4.91 Å². The van der Waals surface area contributed by atoms with Crippen LogP contribution in [0.2, 0.25) is 0 Å². The monoisotopic (exact) mass is 183 g/mol. The van der Waals surface area contributed by atoms with E-state index in [-0.39, 0.29) is 5.91 Å². The quantitative estimate of drug-likeness (QED) is 0.346. The highest BCUT2D eigenvalue weighted by Crippen LogP contribution is 2.29. The molecule has 0 saturated carbocycles. The van der Waals surface area contributed by atoms with Gasteiger partial charge in [0.25, 0.3) is 5.91 Å². The number of carbonyl (C=O) groups excluding carboxylic acids is 1. The van der Waals surface area contributed by atoms with E-state index in [1.165, 1.54) is 11.8 Å². The van der Waals surface area contributed by atoms with Crippen molar-refractivity contribution >= 4 is 42.2 Å². The van der Waals surface area contributed by atoms with Crippen molar-refractivity contribution in [3.8, 4) is 0 Å². The van der Waals surface area contributed by atoms with Gasteiger partial charge in [-0.3, -0.25) is 4.79 Å². The Labute approximate surface area is 76.4 Å². The zero-order valence-corrected chi connectivity index (χ0v) is 7.67. The van der Waals surface area contributed by atoms with Gasteiger partial charge in [0.1, 0.15) is 4.32 Å². The second kappa shape index (κ2) is 3.41. The lowest BCUT2D eigenvalue weighted by atomic mass is 10.3. The van der Waals surface area contributed by atoms with Crippen molar-refractivity contribution in [2.45, 2.75) is 13.3 Å². The number of hydrogen-bond acceptors (Lipinski definition) is 3. The molecular formula is C6H6BNOS2. The van der Waals surface area contributed by atoms with Crippen molar-refractivity contribution in [1.82, 2.24) is 4.81 Å². The fourth-order valence-corrected chi connectivity index (χ4v) is 1.86. The number of amides is 1. The van der Waals surface area contributed by atoms with E-state index in [1.54, 1.807) is 0 Å². The lowest BCUT2D eigenvalue weighted by Gasteiger charge is -2.03. The van der Waals surface area contributed by atoms with Crippen LogP contribution in [-0.2, 0) is 4.79 Å².